The van der Waals surface area contributed by atoms with Gasteiger partial charge in [-0.3, -0.25) is 9.00 Å². The van der Waals surface area contributed by atoms with E-state index in [1.807, 2.05) is 30.3 Å². The summed E-state index contributed by atoms with van der Waals surface area (Å²) >= 11 is -2.28. The second-order valence-electron chi connectivity index (χ2n) is 6.70. The lowest BCUT2D eigenvalue weighted by Crippen LogP contribution is -2.00. The molecular formula is C25H19O6S-. The molecular weight excluding hydrogens is 428 g/mol. The molecule has 0 radical (unpaired) electrons. The Balaban J connectivity index is 0.000000181. The van der Waals surface area contributed by atoms with E-state index in [4.69, 9.17) is 10.2 Å². The highest BCUT2D eigenvalue weighted by Crippen LogP contribution is 2.30. The van der Waals surface area contributed by atoms with E-state index < -0.39 is 11.1 Å². The van der Waals surface area contributed by atoms with Crippen molar-refractivity contribution in [1.82, 2.24) is 0 Å². The monoisotopic (exact) mass is 447 g/mol. The maximum absolute atomic E-state index is 11.9. The lowest BCUT2D eigenvalue weighted by molar-refractivity contribution is 0.103. The largest absolute Gasteiger partial charge is 0.768 e. The Morgan fingerprint density at radius 2 is 1.19 bits per heavy atom. The smallest absolute Gasteiger partial charge is 0.193 e. The number of rotatable bonds is 4. The van der Waals surface area contributed by atoms with Crippen molar-refractivity contribution in [3.8, 4) is 28.4 Å². The molecule has 0 amide bonds. The van der Waals surface area contributed by atoms with Crippen molar-refractivity contribution in [2.75, 3.05) is 0 Å². The third kappa shape index (κ3) is 5.81. The van der Waals surface area contributed by atoms with Crippen LogP contribution in [0.2, 0.25) is 0 Å². The summed E-state index contributed by atoms with van der Waals surface area (Å²) in [6.07, 6.45) is 0. The molecule has 32 heavy (non-hydrogen) atoms. The molecule has 3 N–H and O–H groups in total. The molecule has 0 aromatic heterocycles. The maximum atomic E-state index is 11.9. The molecule has 0 aliphatic heterocycles. The van der Waals surface area contributed by atoms with Crippen LogP contribution < -0.4 is 0 Å². The SMILES string of the molecule is O=C(c1ccc(O)cc1)c1ccc(O)cc1.O=S([O-])c1ccc(O)c(-c2ccccc2)c1. The third-order valence-corrected chi connectivity index (χ3v) is 5.14. The fourth-order valence-corrected chi connectivity index (χ4v) is 3.25. The lowest BCUT2D eigenvalue weighted by atomic mass is 10.0. The van der Waals surface area contributed by atoms with Crippen LogP contribution in [0.1, 0.15) is 15.9 Å². The summed E-state index contributed by atoms with van der Waals surface area (Å²) < 4.78 is 21.6. The zero-order valence-electron chi connectivity index (χ0n) is 16.7. The lowest BCUT2D eigenvalue weighted by Gasteiger charge is -2.09. The molecule has 4 rings (SSSR count). The molecule has 0 spiro atoms. The fourth-order valence-electron chi connectivity index (χ4n) is 2.86. The van der Waals surface area contributed by atoms with Crippen molar-refractivity contribution in [2.45, 2.75) is 4.90 Å². The van der Waals surface area contributed by atoms with Gasteiger partial charge in [0.1, 0.15) is 17.2 Å². The van der Waals surface area contributed by atoms with Crippen LogP contribution in [0.4, 0.5) is 0 Å². The van der Waals surface area contributed by atoms with Gasteiger partial charge < -0.3 is 19.9 Å². The molecule has 0 saturated carbocycles. The maximum Gasteiger partial charge on any atom is 0.193 e. The van der Waals surface area contributed by atoms with Gasteiger partial charge >= 0.3 is 0 Å². The Kier molecular flexibility index (Phi) is 7.38. The topological polar surface area (TPSA) is 118 Å². The van der Waals surface area contributed by atoms with Crippen molar-refractivity contribution < 1.29 is 28.9 Å². The van der Waals surface area contributed by atoms with Gasteiger partial charge in [-0.2, -0.15) is 0 Å². The Morgan fingerprint density at radius 1 is 0.688 bits per heavy atom. The first-order valence-corrected chi connectivity index (χ1v) is 10.5. The van der Waals surface area contributed by atoms with Gasteiger partial charge in [0.05, 0.1) is 0 Å². The van der Waals surface area contributed by atoms with Crippen molar-refractivity contribution >= 4 is 16.9 Å². The van der Waals surface area contributed by atoms with Crippen LogP contribution in [0.3, 0.4) is 0 Å². The molecule has 0 aliphatic rings. The van der Waals surface area contributed by atoms with Gasteiger partial charge in [-0.25, -0.2) is 0 Å². The predicted molar refractivity (Wildman–Crippen MR) is 120 cm³/mol. The van der Waals surface area contributed by atoms with E-state index in [2.05, 4.69) is 0 Å². The van der Waals surface area contributed by atoms with Crippen molar-refractivity contribution in [2.24, 2.45) is 0 Å². The summed E-state index contributed by atoms with van der Waals surface area (Å²) in [5.41, 5.74) is 2.31. The minimum absolute atomic E-state index is 0.0698. The normalized spacial score (nSPS) is 11.2. The molecule has 6 nitrogen and oxygen atoms in total. The number of hydrogen-bond acceptors (Lipinski definition) is 6. The van der Waals surface area contributed by atoms with Gasteiger partial charge in [0.2, 0.25) is 0 Å². The van der Waals surface area contributed by atoms with Gasteiger partial charge in [-0.15, -0.1) is 0 Å². The zero-order valence-corrected chi connectivity index (χ0v) is 17.5. The van der Waals surface area contributed by atoms with Crippen LogP contribution in [0.25, 0.3) is 11.1 Å². The quantitative estimate of drug-likeness (QED) is 0.310. The minimum Gasteiger partial charge on any atom is -0.768 e. The standard InChI is InChI=1S/C13H10O3.C12H10O3S/c14-11-5-1-9(2-6-11)13(16)10-3-7-12(15)8-4-10;13-12-7-6-10(16(14)15)8-11(12)9-4-2-1-3-5-9/h1-8,14-15H;1-8,13H,(H,14,15)/p-1. The number of carbonyl (C=O) groups is 1. The fraction of sp³-hybridized carbons (Fsp3) is 0. The van der Waals surface area contributed by atoms with E-state index in [0.29, 0.717) is 16.7 Å². The van der Waals surface area contributed by atoms with E-state index in [0.717, 1.165) is 5.56 Å². The number of ketones is 1. The summed E-state index contributed by atoms with van der Waals surface area (Å²) in [5, 5.41) is 27.9. The minimum atomic E-state index is -2.28. The second kappa shape index (κ2) is 10.4. The van der Waals surface area contributed by atoms with Crippen LogP contribution in [-0.4, -0.2) is 29.9 Å². The Hall–Kier alpha value is -3.94. The average Bonchev–Trinajstić information content (AvgIpc) is 2.81. The second-order valence-corrected chi connectivity index (χ2v) is 7.64. The molecule has 4 aromatic rings. The number of phenols is 3. The van der Waals surface area contributed by atoms with Crippen molar-refractivity contribution in [1.29, 1.82) is 0 Å². The summed E-state index contributed by atoms with van der Waals surface area (Å²) in [7, 11) is 0. The number of carbonyl (C=O) groups excluding carboxylic acids is 1. The first kappa shape index (κ1) is 22.7. The van der Waals surface area contributed by atoms with Crippen LogP contribution >= 0.6 is 0 Å². The zero-order chi connectivity index (χ0) is 23.1. The molecule has 1 atom stereocenters. The first-order valence-electron chi connectivity index (χ1n) is 9.45. The Morgan fingerprint density at radius 3 is 1.66 bits per heavy atom. The van der Waals surface area contributed by atoms with Crippen LogP contribution in [-0.2, 0) is 11.1 Å². The van der Waals surface area contributed by atoms with E-state index in [1.165, 1.54) is 42.5 Å². The highest BCUT2D eigenvalue weighted by atomic mass is 32.2. The number of hydrogen-bond donors (Lipinski definition) is 3. The van der Waals surface area contributed by atoms with Crippen molar-refractivity contribution in [3.63, 3.8) is 0 Å². The molecule has 7 heteroatoms. The molecule has 4 aromatic carbocycles. The predicted octanol–water partition coefficient (Wildman–Crippen LogP) is 4.63. The molecule has 1 unspecified atom stereocenters. The Labute approximate surface area is 187 Å². The number of aromatic hydroxyl groups is 3. The van der Waals surface area contributed by atoms with Gasteiger partial charge in [0.15, 0.2) is 5.78 Å². The highest BCUT2D eigenvalue weighted by Gasteiger charge is 2.08. The van der Waals surface area contributed by atoms with E-state index in [-0.39, 0.29) is 27.9 Å². The third-order valence-electron chi connectivity index (χ3n) is 4.50. The van der Waals surface area contributed by atoms with Gasteiger partial charge in [-0.1, -0.05) is 30.3 Å². The number of benzene rings is 4. The molecule has 0 bridgehead atoms. The van der Waals surface area contributed by atoms with Crippen molar-refractivity contribution in [3.05, 3.63) is 108 Å². The highest BCUT2D eigenvalue weighted by molar-refractivity contribution is 7.79. The summed E-state index contributed by atoms with van der Waals surface area (Å²) in [5.74, 6) is 0.185. The van der Waals surface area contributed by atoms with E-state index >= 15 is 0 Å². The van der Waals surface area contributed by atoms with Gasteiger partial charge in [-0.05, 0) is 83.4 Å². The van der Waals surface area contributed by atoms with Gasteiger partial charge in [0, 0.05) is 21.6 Å². The van der Waals surface area contributed by atoms with E-state index in [1.54, 1.807) is 24.3 Å². The van der Waals surface area contributed by atoms with Gasteiger partial charge in [0.25, 0.3) is 0 Å². The summed E-state index contributed by atoms with van der Waals surface area (Å²) in [6.45, 7) is 0. The average molecular weight is 447 g/mol. The van der Waals surface area contributed by atoms with E-state index in [9.17, 15) is 18.7 Å². The molecule has 0 saturated heterocycles. The Bertz CT molecular complexity index is 1170. The van der Waals surface area contributed by atoms with Crippen LogP contribution in [0, 0.1) is 0 Å². The molecule has 162 valence electrons. The first-order chi connectivity index (χ1) is 15.3. The molecule has 0 aliphatic carbocycles. The molecule has 0 heterocycles. The molecule has 0 fully saturated rings. The number of phenolic OH excluding ortho intramolecular Hbond substituents is 3. The summed E-state index contributed by atoms with van der Waals surface area (Å²) in [6, 6.07) is 25.4. The van der Waals surface area contributed by atoms with Crippen LogP contribution in [0.15, 0.2) is 102 Å². The van der Waals surface area contributed by atoms with Crippen LogP contribution in [0.5, 0.6) is 17.2 Å². The summed E-state index contributed by atoms with van der Waals surface area (Å²) in [4.78, 5) is 12.1.